The van der Waals surface area contributed by atoms with Gasteiger partial charge in [-0.1, -0.05) is 6.07 Å². The van der Waals surface area contributed by atoms with Gasteiger partial charge in [-0.2, -0.15) is 0 Å². The van der Waals surface area contributed by atoms with Crippen molar-refractivity contribution in [1.82, 2.24) is 4.98 Å². The van der Waals surface area contributed by atoms with E-state index < -0.39 is 0 Å². The Morgan fingerprint density at radius 2 is 2.08 bits per heavy atom. The van der Waals surface area contributed by atoms with E-state index in [0.29, 0.717) is 6.04 Å². The van der Waals surface area contributed by atoms with Crippen LogP contribution in [0.25, 0.3) is 0 Å². The molecule has 0 amide bonds. The predicted octanol–water partition coefficient (Wildman–Crippen LogP) is 2.62. The van der Waals surface area contributed by atoms with Crippen LogP contribution < -0.4 is 4.90 Å². The summed E-state index contributed by atoms with van der Waals surface area (Å²) in [4.78, 5) is 6.78. The molecule has 1 rings (SSSR count). The largest absolute Gasteiger partial charge is 0.354 e. The maximum absolute atomic E-state index is 4.49. The van der Waals surface area contributed by atoms with Crippen molar-refractivity contribution >= 4 is 5.82 Å². The van der Waals surface area contributed by atoms with Crippen molar-refractivity contribution in [1.29, 1.82) is 0 Å². The standard InChI is InChI=1S/C11H18N2/c1-5-13(9(2)3)11-8-6-7-10(4)12-11/h6-9H,5H2,1-4H3. The Morgan fingerprint density at radius 3 is 2.54 bits per heavy atom. The molecule has 0 bridgehead atoms. The zero-order valence-electron chi connectivity index (χ0n) is 8.91. The van der Waals surface area contributed by atoms with Gasteiger partial charge in [-0.15, -0.1) is 0 Å². The molecule has 72 valence electrons. The topological polar surface area (TPSA) is 16.1 Å². The lowest BCUT2D eigenvalue weighted by atomic mass is 10.3. The van der Waals surface area contributed by atoms with Gasteiger partial charge < -0.3 is 4.90 Å². The number of anilines is 1. The van der Waals surface area contributed by atoms with E-state index in [2.05, 4.69) is 42.8 Å². The molecule has 2 nitrogen and oxygen atoms in total. The van der Waals surface area contributed by atoms with Crippen LogP contribution in [-0.4, -0.2) is 17.6 Å². The molecule has 0 aromatic carbocycles. The second-order valence-corrected chi connectivity index (χ2v) is 3.52. The highest BCUT2D eigenvalue weighted by Gasteiger charge is 2.08. The highest BCUT2D eigenvalue weighted by molar-refractivity contribution is 5.39. The molecule has 0 spiro atoms. The summed E-state index contributed by atoms with van der Waals surface area (Å²) in [5.74, 6) is 1.08. The van der Waals surface area contributed by atoms with Crippen molar-refractivity contribution in [3.05, 3.63) is 23.9 Å². The van der Waals surface area contributed by atoms with Gasteiger partial charge in [0.25, 0.3) is 0 Å². The normalized spacial score (nSPS) is 10.5. The molecule has 0 aliphatic rings. The van der Waals surface area contributed by atoms with Gasteiger partial charge >= 0.3 is 0 Å². The van der Waals surface area contributed by atoms with Crippen LogP contribution in [0.3, 0.4) is 0 Å². The fraction of sp³-hybridized carbons (Fsp3) is 0.545. The molecule has 0 fully saturated rings. The number of aryl methyl sites for hydroxylation is 1. The van der Waals surface area contributed by atoms with Crippen LogP contribution in [0.2, 0.25) is 0 Å². The number of hydrogen-bond acceptors (Lipinski definition) is 2. The summed E-state index contributed by atoms with van der Waals surface area (Å²) in [7, 11) is 0. The predicted molar refractivity (Wildman–Crippen MR) is 57.1 cm³/mol. The third-order valence-electron chi connectivity index (χ3n) is 2.13. The van der Waals surface area contributed by atoms with Crippen molar-refractivity contribution in [3.8, 4) is 0 Å². The van der Waals surface area contributed by atoms with Gasteiger partial charge in [0.15, 0.2) is 0 Å². The summed E-state index contributed by atoms with van der Waals surface area (Å²) < 4.78 is 0. The lowest BCUT2D eigenvalue weighted by molar-refractivity contribution is 0.692. The lowest BCUT2D eigenvalue weighted by Gasteiger charge is -2.26. The summed E-state index contributed by atoms with van der Waals surface area (Å²) >= 11 is 0. The molecule has 0 unspecified atom stereocenters. The van der Waals surface area contributed by atoms with Crippen molar-refractivity contribution in [3.63, 3.8) is 0 Å². The zero-order chi connectivity index (χ0) is 9.84. The zero-order valence-corrected chi connectivity index (χ0v) is 8.91. The molecule has 2 heteroatoms. The number of nitrogens with zero attached hydrogens (tertiary/aromatic N) is 2. The van der Waals surface area contributed by atoms with E-state index >= 15 is 0 Å². The van der Waals surface area contributed by atoms with Gasteiger partial charge in [-0.05, 0) is 39.8 Å². The maximum atomic E-state index is 4.49. The fourth-order valence-electron chi connectivity index (χ4n) is 1.48. The number of aromatic nitrogens is 1. The summed E-state index contributed by atoms with van der Waals surface area (Å²) in [5.41, 5.74) is 1.08. The van der Waals surface area contributed by atoms with Crippen LogP contribution in [0.5, 0.6) is 0 Å². The van der Waals surface area contributed by atoms with E-state index in [4.69, 9.17) is 0 Å². The average molecular weight is 178 g/mol. The fourth-order valence-corrected chi connectivity index (χ4v) is 1.48. The minimum Gasteiger partial charge on any atom is -0.354 e. The van der Waals surface area contributed by atoms with Crippen molar-refractivity contribution < 1.29 is 0 Å². The van der Waals surface area contributed by atoms with E-state index in [0.717, 1.165) is 18.1 Å². The van der Waals surface area contributed by atoms with E-state index in [1.807, 2.05) is 13.0 Å². The smallest absolute Gasteiger partial charge is 0.129 e. The van der Waals surface area contributed by atoms with Gasteiger partial charge in [0.1, 0.15) is 5.82 Å². The quantitative estimate of drug-likeness (QED) is 0.707. The van der Waals surface area contributed by atoms with Crippen LogP contribution in [0.15, 0.2) is 18.2 Å². The first-order valence-electron chi connectivity index (χ1n) is 4.85. The highest BCUT2D eigenvalue weighted by Crippen LogP contribution is 2.13. The van der Waals surface area contributed by atoms with Gasteiger partial charge in [-0.3, -0.25) is 0 Å². The molecule has 1 heterocycles. The van der Waals surface area contributed by atoms with Gasteiger partial charge in [0, 0.05) is 18.3 Å². The molecule has 0 radical (unpaired) electrons. The summed E-state index contributed by atoms with van der Waals surface area (Å²) in [6, 6.07) is 6.66. The van der Waals surface area contributed by atoms with Crippen LogP contribution in [-0.2, 0) is 0 Å². The molecule has 0 N–H and O–H groups in total. The highest BCUT2D eigenvalue weighted by atomic mass is 15.2. The third kappa shape index (κ3) is 2.44. The number of rotatable bonds is 3. The molecule has 1 aromatic rings. The molecule has 0 aliphatic carbocycles. The van der Waals surface area contributed by atoms with E-state index in [-0.39, 0.29) is 0 Å². The van der Waals surface area contributed by atoms with Crippen molar-refractivity contribution in [2.24, 2.45) is 0 Å². The molecule has 0 saturated carbocycles. The van der Waals surface area contributed by atoms with Crippen LogP contribution in [0.4, 0.5) is 5.82 Å². The first-order chi connectivity index (χ1) is 6.15. The van der Waals surface area contributed by atoms with Crippen molar-refractivity contribution in [2.45, 2.75) is 33.7 Å². The molecule has 0 aliphatic heterocycles. The Bertz CT molecular complexity index is 269. The molecule has 0 saturated heterocycles. The van der Waals surface area contributed by atoms with E-state index in [9.17, 15) is 0 Å². The van der Waals surface area contributed by atoms with Gasteiger partial charge in [-0.25, -0.2) is 4.98 Å². The number of pyridine rings is 1. The minimum absolute atomic E-state index is 0.513. The van der Waals surface area contributed by atoms with E-state index in [1.54, 1.807) is 0 Å². The lowest BCUT2D eigenvalue weighted by Crippen LogP contribution is -2.31. The Labute approximate surface area is 80.6 Å². The molecular formula is C11H18N2. The summed E-state index contributed by atoms with van der Waals surface area (Å²) in [5, 5.41) is 0. The van der Waals surface area contributed by atoms with Gasteiger partial charge in [0.05, 0.1) is 0 Å². The first kappa shape index (κ1) is 10.0. The number of hydrogen-bond donors (Lipinski definition) is 0. The van der Waals surface area contributed by atoms with Crippen LogP contribution >= 0.6 is 0 Å². The maximum Gasteiger partial charge on any atom is 0.129 e. The van der Waals surface area contributed by atoms with E-state index in [1.165, 1.54) is 0 Å². The third-order valence-corrected chi connectivity index (χ3v) is 2.13. The first-order valence-corrected chi connectivity index (χ1v) is 4.85. The molecular weight excluding hydrogens is 160 g/mol. The molecule has 1 aromatic heterocycles. The Hall–Kier alpha value is -1.05. The average Bonchev–Trinajstić information content (AvgIpc) is 2.04. The second-order valence-electron chi connectivity index (χ2n) is 3.52. The SMILES string of the molecule is CCN(c1cccc(C)n1)C(C)C. The molecule has 13 heavy (non-hydrogen) atoms. The Balaban J connectivity index is 2.91. The van der Waals surface area contributed by atoms with Crippen LogP contribution in [0.1, 0.15) is 26.5 Å². The summed E-state index contributed by atoms with van der Waals surface area (Å²) in [6.45, 7) is 9.57. The second kappa shape index (κ2) is 4.26. The summed E-state index contributed by atoms with van der Waals surface area (Å²) in [6.07, 6.45) is 0. The van der Waals surface area contributed by atoms with Crippen LogP contribution in [0, 0.1) is 6.92 Å². The Morgan fingerprint density at radius 1 is 1.38 bits per heavy atom. The Kier molecular flexibility index (Phi) is 3.29. The van der Waals surface area contributed by atoms with Crippen molar-refractivity contribution in [2.75, 3.05) is 11.4 Å². The van der Waals surface area contributed by atoms with Gasteiger partial charge in [0.2, 0.25) is 0 Å². The monoisotopic (exact) mass is 178 g/mol. The minimum atomic E-state index is 0.513. The molecule has 0 atom stereocenters.